The Labute approximate surface area is 184 Å². The largest absolute Gasteiger partial charge is 0.370 e. The summed E-state index contributed by atoms with van der Waals surface area (Å²) < 4.78 is 33.4. The van der Waals surface area contributed by atoms with Crippen LogP contribution in [0.15, 0.2) is 57.9 Å². The van der Waals surface area contributed by atoms with E-state index >= 15 is 0 Å². The van der Waals surface area contributed by atoms with Gasteiger partial charge in [0, 0.05) is 23.6 Å². The molecule has 1 fully saturated rings. The molecule has 0 bridgehead atoms. The molecule has 160 valence electrons. The van der Waals surface area contributed by atoms with E-state index in [9.17, 15) is 18.0 Å². The molecule has 0 N–H and O–H groups in total. The third-order valence-corrected chi connectivity index (χ3v) is 7.33. The van der Waals surface area contributed by atoms with Crippen LogP contribution in [-0.4, -0.2) is 62.6 Å². The molecule has 1 heterocycles. The molecule has 0 aromatic heterocycles. The van der Waals surface area contributed by atoms with Gasteiger partial charge in [0.1, 0.15) is 6.10 Å². The van der Waals surface area contributed by atoms with E-state index in [1.807, 2.05) is 24.3 Å². The number of amides is 1. The Hall–Kier alpha value is -2.07. The van der Waals surface area contributed by atoms with Gasteiger partial charge in [0.25, 0.3) is 0 Å². The average Bonchev–Trinajstić information content (AvgIpc) is 2.74. The van der Waals surface area contributed by atoms with Crippen LogP contribution in [0.4, 0.5) is 0 Å². The number of carbonyl (C=O) groups excluding carboxylic acids is 2. The third kappa shape index (κ3) is 5.15. The molecule has 1 aliphatic heterocycles. The van der Waals surface area contributed by atoms with Crippen LogP contribution >= 0.6 is 15.9 Å². The summed E-state index contributed by atoms with van der Waals surface area (Å²) in [6.07, 6.45) is -0.253. The Balaban J connectivity index is 1.66. The maximum Gasteiger partial charge on any atom is 0.243 e. The Kier molecular flexibility index (Phi) is 7.07. The maximum absolute atomic E-state index is 12.8. The van der Waals surface area contributed by atoms with Gasteiger partial charge >= 0.3 is 0 Å². The molecule has 30 heavy (non-hydrogen) atoms. The molecule has 0 saturated carbocycles. The van der Waals surface area contributed by atoms with E-state index in [-0.39, 0.29) is 29.2 Å². The van der Waals surface area contributed by atoms with Crippen molar-refractivity contribution in [2.24, 2.45) is 0 Å². The maximum atomic E-state index is 12.8. The Morgan fingerprint density at radius 1 is 1.13 bits per heavy atom. The van der Waals surface area contributed by atoms with Gasteiger partial charge in [-0.2, -0.15) is 4.31 Å². The normalized spacial score (nSPS) is 17.2. The van der Waals surface area contributed by atoms with Crippen molar-refractivity contribution in [2.75, 3.05) is 33.3 Å². The van der Waals surface area contributed by atoms with Crippen LogP contribution in [0.25, 0.3) is 0 Å². The first-order chi connectivity index (χ1) is 14.2. The standard InChI is InChI=1S/C21H23BrN2O5S/c1-15(25)16-5-9-19(10-6-16)30(27,28)23(2)14-21(26)24-11-12-29-20(13-24)17-3-7-18(22)8-4-17/h3-10,20H,11-14H2,1-2H3. The predicted octanol–water partition coefficient (Wildman–Crippen LogP) is 2.87. The number of ketones is 1. The number of nitrogens with zero attached hydrogens (tertiary/aromatic N) is 2. The zero-order valence-electron chi connectivity index (χ0n) is 16.7. The summed E-state index contributed by atoms with van der Waals surface area (Å²) in [6.45, 7) is 2.30. The van der Waals surface area contributed by atoms with Gasteiger partial charge in [-0.05, 0) is 36.8 Å². The number of carbonyl (C=O) groups is 2. The SMILES string of the molecule is CC(=O)c1ccc(S(=O)(=O)N(C)CC(=O)N2CCOC(c3ccc(Br)cc3)C2)cc1. The summed E-state index contributed by atoms with van der Waals surface area (Å²) in [5.74, 6) is -0.429. The van der Waals surface area contributed by atoms with Gasteiger partial charge in [0.15, 0.2) is 5.78 Å². The number of likely N-dealkylation sites (N-methyl/N-ethyl adjacent to an activating group) is 1. The van der Waals surface area contributed by atoms with Gasteiger partial charge in [-0.1, -0.05) is 40.2 Å². The van der Waals surface area contributed by atoms with Crippen molar-refractivity contribution in [1.82, 2.24) is 9.21 Å². The molecule has 0 aliphatic carbocycles. The second kappa shape index (κ2) is 9.38. The lowest BCUT2D eigenvalue weighted by atomic mass is 10.1. The summed E-state index contributed by atoms with van der Waals surface area (Å²) >= 11 is 3.40. The zero-order chi connectivity index (χ0) is 21.9. The minimum absolute atomic E-state index is 0.0394. The van der Waals surface area contributed by atoms with Gasteiger partial charge in [-0.3, -0.25) is 9.59 Å². The lowest BCUT2D eigenvalue weighted by molar-refractivity contribution is -0.139. The van der Waals surface area contributed by atoms with Crippen molar-refractivity contribution in [3.05, 3.63) is 64.1 Å². The van der Waals surface area contributed by atoms with Gasteiger partial charge in [0.05, 0.1) is 24.6 Å². The highest BCUT2D eigenvalue weighted by Crippen LogP contribution is 2.24. The molecule has 0 spiro atoms. The van der Waals surface area contributed by atoms with Crippen LogP contribution in [0.3, 0.4) is 0 Å². The lowest BCUT2D eigenvalue weighted by Gasteiger charge is -2.34. The smallest absolute Gasteiger partial charge is 0.243 e. The van der Waals surface area contributed by atoms with Gasteiger partial charge in [-0.15, -0.1) is 0 Å². The Morgan fingerprint density at radius 2 is 1.77 bits per heavy atom. The molecule has 0 radical (unpaired) electrons. The monoisotopic (exact) mass is 494 g/mol. The van der Waals surface area contributed by atoms with Crippen LogP contribution in [0.2, 0.25) is 0 Å². The zero-order valence-corrected chi connectivity index (χ0v) is 19.1. The van der Waals surface area contributed by atoms with Crippen molar-refractivity contribution in [2.45, 2.75) is 17.9 Å². The Bertz CT molecular complexity index is 1020. The summed E-state index contributed by atoms with van der Waals surface area (Å²) in [4.78, 5) is 25.8. The predicted molar refractivity (Wildman–Crippen MR) is 116 cm³/mol. The first-order valence-electron chi connectivity index (χ1n) is 9.40. The van der Waals surface area contributed by atoms with Crippen molar-refractivity contribution in [1.29, 1.82) is 0 Å². The van der Waals surface area contributed by atoms with Crippen LogP contribution in [0.5, 0.6) is 0 Å². The van der Waals surface area contributed by atoms with E-state index in [1.165, 1.54) is 38.2 Å². The molecule has 1 unspecified atom stereocenters. The van der Waals surface area contributed by atoms with E-state index in [1.54, 1.807) is 4.90 Å². The van der Waals surface area contributed by atoms with E-state index in [0.29, 0.717) is 25.3 Å². The van der Waals surface area contributed by atoms with Crippen molar-refractivity contribution < 1.29 is 22.7 Å². The quantitative estimate of drug-likeness (QED) is 0.576. The third-order valence-electron chi connectivity index (χ3n) is 4.99. The molecule has 2 aromatic rings. The molecule has 1 amide bonds. The molecular formula is C21H23BrN2O5S. The van der Waals surface area contributed by atoms with Gasteiger partial charge < -0.3 is 9.64 Å². The van der Waals surface area contributed by atoms with Crippen molar-refractivity contribution >= 4 is 37.6 Å². The number of Topliss-reactive ketones (excluding diaryl/α,β-unsaturated/α-hetero) is 1. The van der Waals surface area contributed by atoms with Crippen LogP contribution in [-0.2, 0) is 19.6 Å². The summed E-state index contributed by atoms with van der Waals surface area (Å²) in [5.41, 5.74) is 1.39. The van der Waals surface area contributed by atoms with Crippen LogP contribution in [0, 0.1) is 0 Å². The Morgan fingerprint density at radius 3 is 2.37 bits per heavy atom. The number of hydrogen-bond acceptors (Lipinski definition) is 5. The number of hydrogen-bond donors (Lipinski definition) is 0. The molecular weight excluding hydrogens is 472 g/mol. The number of ether oxygens (including phenoxy) is 1. The summed E-state index contributed by atoms with van der Waals surface area (Å²) in [5, 5.41) is 0. The molecule has 9 heteroatoms. The number of benzene rings is 2. The molecule has 2 aromatic carbocycles. The van der Waals surface area contributed by atoms with Crippen molar-refractivity contribution in [3.63, 3.8) is 0 Å². The minimum Gasteiger partial charge on any atom is -0.370 e. The molecule has 1 aliphatic rings. The van der Waals surface area contributed by atoms with Gasteiger partial charge in [-0.25, -0.2) is 8.42 Å². The van der Waals surface area contributed by atoms with Crippen LogP contribution in [0.1, 0.15) is 28.9 Å². The molecule has 7 nitrogen and oxygen atoms in total. The second-order valence-corrected chi connectivity index (χ2v) is 10.1. The highest BCUT2D eigenvalue weighted by molar-refractivity contribution is 9.10. The summed E-state index contributed by atoms with van der Waals surface area (Å²) in [6, 6.07) is 13.4. The van der Waals surface area contributed by atoms with E-state index in [4.69, 9.17) is 4.74 Å². The van der Waals surface area contributed by atoms with E-state index in [2.05, 4.69) is 15.9 Å². The fraction of sp³-hybridized carbons (Fsp3) is 0.333. The molecule has 1 atom stereocenters. The molecule has 3 rings (SSSR count). The fourth-order valence-corrected chi connectivity index (χ4v) is 4.56. The average molecular weight is 495 g/mol. The van der Waals surface area contributed by atoms with Crippen LogP contribution < -0.4 is 0 Å². The van der Waals surface area contributed by atoms with Crippen molar-refractivity contribution in [3.8, 4) is 0 Å². The summed E-state index contributed by atoms with van der Waals surface area (Å²) in [7, 11) is -2.47. The first-order valence-corrected chi connectivity index (χ1v) is 11.6. The number of rotatable bonds is 6. The molecule has 1 saturated heterocycles. The van der Waals surface area contributed by atoms with Gasteiger partial charge in [0.2, 0.25) is 15.9 Å². The first kappa shape index (κ1) is 22.6. The fourth-order valence-electron chi connectivity index (χ4n) is 3.17. The van der Waals surface area contributed by atoms with E-state index in [0.717, 1.165) is 14.3 Å². The topological polar surface area (TPSA) is 84.0 Å². The number of morpholine rings is 1. The number of halogens is 1. The number of sulfonamides is 1. The second-order valence-electron chi connectivity index (χ2n) is 7.09. The highest BCUT2D eigenvalue weighted by atomic mass is 79.9. The lowest BCUT2D eigenvalue weighted by Crippen LogP contribution is -2.47. The minimum atomic E-state index is -3.85. The highest BCUT2D eigenvalue weighted by Gasteiger charge is 2.29. The van der Waals surface area contributed by atoms with E-state index < -0.39 is 10.0 Å².